The standard InChI is InChI=1S/C11H13N3OS/c1-15-8-10(9-5-3-2-4-6-9)13-11-7-12-14-16-11/h2-7,10,13H,8H2,1H3. The van der Waals surface area contributed by atoms with E-state index in [4.69, 9.17) is 4.74 Å². The van der Waals surface area contributed by atoms with Crippen LogP contribution in [0, 0.1) is 0 Å². The van der Waals surface area contributed by atoms with Gasteiger partial charge in [0.1, 0.15) is 5.00 Å². The monoisotopic (exact) mass is 235 g/mol. The molecule has 1 aromatic heterocycles. The van der Waals surface area contributed by atoms with Crippen LogP contribution in [-0.2, 0) is 4.74 Å². The molecule has 0 amide bonds. The highest BCUT2D eigenvalue weighted by Crippen LogP contribution is 2.21. The third kappa shape index (κ3) is 2.77. The van der Waals surface area contributed by atoms with E-state index in [1.165, 1.54) is 17.1 Å². The Kier molecular flexibility index (Phi) is 3.85. The largest absolute Gasteiger partial charge is 0.382 e. The summed E-state index contributed by atoms with van der Waals surface area (Å²) in [6.45, 7) is 0.613. The van der Waals surface area contributed by atoms with Crippen LogP contribution < -0.4 is 5.32 Å². The van der Waals surface area contributed by atoms with Crippen molar-refractivity contribution in [1.82, 2.24) is 9.59 Å². The van der Waals surface area contributed by atoms with Crippen molar-refractivity contribution in [3.8, 4) is 0 Å². The van der Waals surface area contributed by atoms with Gasteiger partial charge < -0.3 is 10.1 Å². The van der Waals surface area contributed by atoms with Gasteiger partial charge in [0.15, 0.2) is 0 Å². The van der Waals surface area contributed by atoms with E-state index in [0.29, 0.717) is 6.61 Å². The molecule has 1 unspecified atom stereocenters. The number of rotatable bonds is 5. The van der Waals surface area contributed by atoms with Gasteiger partial charge in [-0.15, -0.1) is 5.10 Å². The van der Waals surface area contributed by atoms with E-state index in [0.717, 1.165) is 5.00 Å². The summed E-state index contributed by atoms with van der Waals surface area (Å²) in [6, 6.07) is 10.3. The first-order valence-corrected chi connectivity index (χ1v) is 5.75. The van der Waals surface area contributed by atoms with Crippen LogP contribution in [0.15, 0.2) is 36.5 Å². The van der Waals surface area contributed by atoms with Crippen LogP contribution in [-0.4, -0.2) is 23.3 Å². The molecular weight excluding hydrogens is 222 g/mol. The van der Waals surface area contributed by atoms with Crippen LogP contribution >= 0.6 is 11.5 Å². The second-order valence-electron chi connectivity index (χ2n) is 3.34. The topological polar surface area (TPSA) is 47.0 Å². The Labute approximate surface area is 98.4 Å². The maximum absolute atomic E-state index is 5.21. The molecule has 1 aromatic carbocycles. The van der Waals surface area contributed by atoms with Crippen LogP contribution in [0.3, 0.4) is 0 Å². The minimum Gasteiger partial charge on any atom is -0.382 e. The van der Waals surface area contributed by atoms with Crippen LogP contribution in [0.5, 0.6) is 0 Å². The van der Waals surface area contributed by atoms with Crippen LogP contribution in [0.4, 0.5) is 5.00 Å². The molecule has 2 rings (SSSR count). The summed E-state index contributed by atoms with van der Waals surface area (Å²) in [5.74, 6) is 0. The minimum absolute atomic E-state index is 0.133. The average Bonchev–Trinajstić information content (AvgIpc) is 2.83. The normalized spacial score (nSPS) is 12.3. The first-order valence-electron chi connectivity index (χ1n) is 4.98. The molecule has 4 nitrogen and oxygen atoms in total. The molecule has 0 aliphatic carbocycles. The van der Waals surface area contributed by atoms with Crippen molar-refractivity contribution >= 4 is 16.5 Å². The fourth-order valence-electron chi connectivity index (χ4n) is 1.48. The van der Waals surface area contributed by atoms with Crippen molar-refractivity contribution in [2.75, 3.05) is 19.0 Å². The molecule has 0 spiro atoms. The molecule has 0 saturated heterocycles. The van der Waals surface area contributed by atoms with Gasteiger partial charge >= 0.3 is 0 Å². The molecule has 1 N–H and O–H groups in total. The molecule has 5 heteroatoms. The predicted molar refractivity (Wildman–Crippen MR) is 64.6 cm³/mol. The lowest BCUT2D eigenvalue weighted by Gasteiger charge is -2.17. The first-order chi connectivity index (χ1) is 7.90. The number of methoxy groups -OCH3 is 1. The lowest BCUT2D eigenvalue weighted by molar-refractivity contribution is 0.186. The minimum atomic E-state index is 0.133. The lowest BCUT2D eigenvalue weighted by atomic mass is 10.1. The van der Waals surface area contributed by atoms with E-state index >= 15 is 0 Å². The smallest absolute Gasteiger partial charge is 0.130 e. The number of ether oxygens (including phenoxy) is 1. The zero-order chi connectivity index (χ0) is 11.2. The fourth-order valence-corrected chi connectivity index (χ4v) is 1.95. The Morgan fingerprint density at radius 1 is 1.38 bits per heavy atom. The number of benzene rings is 1. The summed E-state index contributed by atoms with van der Waals surface area (Å²) in [5.41, 5.74) is 1.19. The molecule has 0 radical (unpaired) electrons. The highest BCUT2D eigenvalue weighted by molar-refractivity contribution is 7.09. The van der Waals surface area contributed by atoms with Gasteiger partial charge in [-0.25, -0.2) is 0 Å². The van der Waals surface area contributed by atoms with Crippen molar-refractivity contribution in [2.45, 2.75) is 6.04 Å². The van der Waals surface area contributed by atoms with Crippen LogP contribution in [0.25, 0.3) is 0 Å². The van der Waals surface area contributed by atoms with Gasteiger partial charge in [0.25, 0.3) is 0 Å². The summed E-state index contributed by atoms with van der Waals surface area (Å²) in [6.07, 6.45) is 1.72. The van der Waals surface area contributed by atoms with Crippen molar-refractivity contribution in [3.63, 3.8) is 0 Å². The quantitative estimate of drug-likeness (QED) is 0.864. The Morgan fingerprint density at radius 3 is 2.81 bits per heavy atom. The third-order valence-electron chi connectivity index (χ3n) is 2.21. The highest BCUT2D eigenvalue weighted by atomic mass is 32.1. The van der Waals surface area contributed by atoms with E-state index in [9.17, 15) is 0 Å². The predicted octanol–water partition coefficient (Wildman–Crippen LogP) is 2.34. The van der Waals surface area contributed by atoms with Crippen molar-refractivity contribution in [2.24, 2.45) is 0 Å². The van der Waals surface area contributed by atoms with Gasteiger partial charge in [0, 0.05) is 18.6 Å². The van der Waals surface area contributed by atoms with Gasteiger partial charge in [-0.2, -0.15) is 0 Å². The number of hydrogen-bond acceptors (Lipinski definition) is 5. The maximum Gasteiger partial charge on any atom is 0.130 e. The Balaban J connectivity index is 2.11. The molecule has 0 bridgehead atoms. The van der Waals surface area contributed by atoms with Crippen LogP contribution in [0.2, 0.25) is 0 Å². The Morgan fingerprint density at radius 2 is 2.19 bits per heavy atom. The number of aromatic nitrogens is 2. The van der Waals surface area contributed by atoms with Gasteiger partial charge in [-0.1, -0.05) is 34.8 Å². The van der Waals surface area contributed by atoms with Crippen molar-refractivity contribution in [1.29, 1.82) is 0 Å². The summed E-state index contributed by atoms with van der Waals surface area (Å²) in [7, 11) is 1.70. The molecule has 0 aliphatic rings. The third-order valence-corrected chi connectivity index (χ3v) is 2.81. The Hall–Kier alpha value is -1.46. The van der Waals surface area contributed by atoms with Gasteiger partial charge in [-0.3, -0.25) is 0 Å². The maximum atomic E-state index is 5.21. The van der Waals surface area contributed by atoms with Gasteiger partial charge in [-0.05, 0) is 5.56 Å². The number of nitrogens with one attached hydrogen (secondary N) is 1. The molecule has 0 saturated carbocycles. The number of anilines is 1. The first kappa shape index (κ1) is 11.0. The van der Waals surface area contributed by atoms with E-state index in [2.05, 4.69) is 27.0 Å². The summed E-state index contributed by atoms with van der Waals surface area (Å²) in [5, 5.41) is 8.09. The molecule has 0 fully saturated rings. The van der Waals surface area contributed by atoms with Crippen LogP contribution in [0.1, 0.15) is 11.6 Å². The van der Waals surface area contributed by atoms with E-state index < -0.39 is 0 Å². The molecule has 16 heavy (non-hydrogen) atoms. The molecule has 0 aliphatic heterocycles. The van der Waals surface area contributed by atoms with E-state index in [-0.39, 0.29) is 6.04 Å². The average molecular weight is 235 g/mol. The van der Waals surface area contributed by atoms with E-state index in [1.54, 1.807) is 13.3 Å². The molecule has 2 aromatic rings. The zero-order valence-electron chi connectivity index (χ0n) is 8.96. The summed E-state index contributed by atoms with van der Waals surface area (Å²) < 4.78 is 9.03. The fraction of sp³-hybridized carbons (Fsp3) is 0.273. The zero-order valence-corrected chi connectivity index (χ0v) is 9.78. The second-order valence-corrected chi connectivity index (χ2v) is 4.13. The summed E-state index contributed by atoms with van der Waals surface area (Å²) in [4.78, 5) is 0. The van der Waals surface area contributed by atoms with Crippen molar-refractivity contribution in [3.05, 3.63) is 42.1 Å². The molecule has 1 heterocycles. The highest BCUT2D eigenvalue weighted by Gasteiger charge is 2.11. The molecular formula is C11H13N3OS. The summed E-state index contributed by atoms with van der Waals surface area (Å²) >= 11 is 1.34. The van der Waals surface area contributed by atoms with E-state index in [1.807, 2.05) is 18.2 Å². The van der Waals surface area contributed by atoms with Crippen molar-refractivity contribution < 1.29 is 4.74 Å². The number of hydrogen-bond donors (Lipinski definition) is 1. The second kappa shape index (κ2) is 5.58. The molecule has 1 atom stereocenters. The SMILES string of the molecule is COCC(Nc1cnns1)c1ccccc1. The number of nitrogens with zero attached hydrogens (tertiary/aromatic N) is 2. The lowest BCUT2D eigenvalue weighted by Crippen LogP contribution is -2.15. The van der Waals surface area contributed by atoms with Gasteiger partial charge in [0.2, 0.25) is 0 Å². The molecule has 84 valence electrons. The van der Waals surface area contributed by atoms with Gasteiger partial charge in [0.05, 0.1) is 18.8 Å². The Bertz CT molecular complexity index is 404.